The third-order valence-corrected chi connectivity index (χ3v) is 3.38. The van der Waals surface area contributed by atoms with E-state index in [-0.39, 0.29) is 5.91 Å². The molecule has 0 bridgehead atoms. The first kappa shape index (κ1) is 15.1. The number of hydrogen-bond donors (Lipinski definition) is 1. The smallest absolute Gasteiger partial charge is 0.228 e. The third kappa shape index (κ3) is 4.35. The Hall–Kier alpha value is -2.29. The first-order valence-electron chi connectivity index (χ1n) is 7.11. The van der Waals surface area contributed by atoms with E-state index in [0.29, 0.717) is 12.3 Å². The number of ether oxygens (including phenoxy) is 1. The lowest BCUT2D eigenvalue weighted by Gasteiger charge is -2.09. The van der Waals surface area contributed by atoms with Crippen molar-refractivity contribution in [3.8, 4) is 5.75 Å². The van der Waals surface area contributed by atoms with Gasteiger partial charge in [0.05, 0.1) is 13.5 Å². The highest BCUT2D eigenvalue weighted by Crippen LogP contribution is 2.17. The Bertz CT molecular complexity index is 586. The summed E-state index contributed by atoms with van der Waals surface area (Å²) in [7, 11) is 1.63. The van der Waals surface area contributed by atoms with Crippen molar-refractivity contribution in [2.45, 2.75) is 26.2 Å². The molecule has 3 heteroatoms. The second-order valence-corrected chi connectivity index (χ2v) is 5.35. The van der Waals surface area contributed by atoms with Gasteiger partial charge in [0, 0.05) is 5.69 Å². The van der Waals surface area contributed by atoms with Gasteiger partial charge in [-0.15, -0.1) is 0 Å². The van der Waals surface area contributed by atoms with Crippen molar-refractivity contribution >= 4 is 11.6 Å². The zero-order valence-electron chi connectivity index (χ0n) is 12.7. The zero-order chi connectivity index (χ0) is 15.2. The molecule has 2 aromatic carbocycles. The molecule has 0 radical (unpaired) electrons. The fraction of sp³-hybridized carbons (Fsp3) is 0.278. The lowest BCUT2D eigenvalue weighted by molar-refractivity contribution is -0.115. The van der Waals surface area contributed by atoms with Crippen LogP contribution in [0.2, 0.25) is 0 Å². The second kappa shape index (κ2) is 6.93. The van der Waals surface area contributed by atoms with Crippen LogP contribution in [-0.2, 0) is 11.2 Å². The van der Waals surface area contributed by atoms with E-state index in [1.165, 1.54) is 5.56 Å². The molecule has 0 saturated carbocycles. The second-order valence-electron chi connectivity index (χ2n) is 5.35. The quantitative estimate of drug-likeness (QED) is 0.900. The standard InChI is InChI=1S/C18H21NO2/c1-13(2)15-6-8-16(9-7-15)19-18(20)12-14-4-10-17(21-3)11-5-14/h4-11,13H,12H2,1-3H3,(H,19,20). The maximum Gasteiger partial charge on any atom is 0.228 e. The molecule has 21 heavy (non-hydrogen) atoms. The van der Waals surface area contributed by atoms with Crippen LogP contribution in [0.1, 0.15) is 30.9 Å². The predicted molar refractivity (Wildman–Crippen MR) is 85.9 cm³/mol. The van der Waals surface area contributed by atoms with E-state index >= 15 is 0 Å². The number of hydrogen-bond acceptors (Lipinski definition) is 2. The minimum atomic E-state index is -0.0162. The molecule has 0 heterocycles. The first-order chi connectivity index (χ1) is 10.1. The van der Waals surface area contributed by atoms with Crippen LogP contribution in [0.15, 0.2) is 48.5 Å². The molecule has 0 fully saturated rings. The molecule has 0 aliphatic heterocycles. The summed E-state index contributed by atoms with van der Waals surface area (Å²) in [5.74, 6) is 1.27. The van der Waals surface area contributed by atoms with E-state index in [4.69, 9.17) is 4.74 Å². The minimum absolute atomic E-state index is 0.0162. The van der Waals surface area contributed by atoms with Crippen molar-refractivity contribution in [1.29, 1.82) is 0 Å². The van der Waals surface area contributed by atoms with Crippen molar-refractivity contribution in [3.63, 3.8) is 0 Å². The Kier molecular flexibility index (Phi) is 4.99. The molecule has 0 aliphatic carbocycles. The number of amides is 1. The topological polar surface area (TPSA) is 38.3 Å². The third-order valence-electron chi connectivity index (χ3n) is 3.38. The van der Waals surface area contributed by atoms with E-state index in [9.17, 15) is 4.79 Å². The molecule has 0 atom stereocenters. The Labute approximate surface area is 126 Å². The Morgan fingerprint density at radius 2 is 1.67 bits per heavy atom. The Morgan fingerprint density at radius 1 is 1.05 bits per heavy atom. The van der Waals surface area contributed by atoms with Gasteiger partial charge < -0.3 is 10.1 Å². The summed E-state index contributed by atoms with van der Waals surface area (Å²) in [6, 6.07) is 15.5. The van der Waals surface area contributed by atoms with Gasteiger partial charge in [-0.2, -0.15) is 0 Å². The van der Waals surface area contributed by atoms with Gasteiger partial charge in [-0.25, -0.2) is 0 Å². The van der Waals surface area contributed by atoms with E-state index in [1.54, 1.807) is 7.11 Å². The van der Waals surface area contributed by atoms with Crippen LogP contribution in [0.5, 0.6) is 5.75 Å². The van der Waals surface area contributed by atoms with Crippen LogP contribution >= 0.6 is 0 Å². The monoisotopic (exact) mass is 283 g/mol. The molecule has 110 valence electrons. The summed E-state index contributed by atoms with van der Waals surface area (Å²) in [5, 5.41) is 2.91. The summed E-state index contributed by atoms with van der Waals surface area (Å²) in [4.78, 5) is 12.0. The van der Waals surface area contributed by atoms with Crippen LogP contribution in [0, 0.1) is 0 Å². The van der Waals surface area contributed by atoms with E-state index in [0.717, 1.165) is 17.0 Å². The number of rotatable bonds is 5. The lowest BCUT2D eigenvalue weighted by atomic mass is 10.0. The fourth-order valence-electron chi connectivity index (χ4n) is 2.09. The molecule has 0 aromatic heterocycles. The number of methoxy groups -OCH3 is 1. The molecule has 0 saturated heterocycles. The average molecular weight is 283 g/mol. The molecule has 0 spiro atoms. The number of carbonyl (C=O) groups is 1. The van der Waals surface area contributed by atoms with Crippen molar-refractivity contribution < 1.29 is 9.53 Å². The molecule has 1 N–H and O–H groups in total. The highest BCUT2D eigenvalue weighted by Gasteiger charge is 2.05. The van der Waals surface area contributed by atoms with E-state index in [1.807, 2.05) is 48.5 Å². The van der Waals surface area contributed by atoms with Crippen LogP contribution in [-0.4, -0.2) is 13.0 Å². The van der Waals surface area contributed by atoms with Crippen LogP contribution in [0.3, 0.4) is 0 Å². The van der Waals surface area contributed by atoms with Crippen molar-refractivity contribution in [2.24, 2.45) is 0 Å². The maximum atomic E-state index is 12.0. The zero-order valence-corrected chi connectivity index (χ0v) is 12.7. The van der Waals surface area contributed by atoms with Crippen molar-refractivity contribution in [1.82, 2.24) is 0 Å². The molecule has 1 amide bonds. The molecule has 0 unspecified atom stereocenters. The Morgan fingerprint density at radius 3 is 2.19 bits per heavy atom. The fourth-order valence-corrected chi connectivity index (χ4v) is 2.09. The lowest BCUT2D eigenvalue weighted by Crippen LogP contribution is -2.14. The summed E-state index contributed by atoms with van der Waals surface area (Å²) < 4.78 is 5.10. The van der Waals surface area contributed by atoms with Crippen LogP contribution < -0.4 is 10.1 Å². The van der Waals surface area contributed by atoms with Gasteiger partial charge in [-0.3, -0.25) is 4.79 Å². The normalized spacial score (nSPS) is 10.5. The van der Waals surface area contributed by atoms with Gasteiger partial charge in [0.1, 0.15) is 5.75 Å². The Balaban J connectivity index is 1.94. The molecular weight excluding hydrogens is 262 g/mol. The van der Waals surface area contributed by atoms with Gasteiger partial charge in [0.2, 0.25) is 5.91 Å². The summed E-state index contributed by atoms with van der Waals surface area (Å²) in [6.45, 7) is 4.30. The molecular formula is C18H21NO2. The highest BCUT2D eigenvalue weighted by molar-refractivity contribution is 5.92. The van der Waals surface area contributed by atoms with Gasteiger partial charge in [-0.05, 0) is 41.3 Å². The van der Waals surface area contributed by atoms with Crippen LogP contribution in [0.4, 0.5) is 5.69 Å². The van der Waals surface area contributed by atoms with Crippen molar-refractivity contribution in [3.05, 3.63) is 59.7 Å². The summed E-state index contributed by atoms with van der Waals surface area (Å²) in [6.07, 6.45) is 0.357. The molecule has 2 aromatic rings. The number of anilines is 1. The predicted octanol–water partition coefficient (Wildman–Crippen LogP) is 4.00. The largest absolute Gasteiger partial charge is 0.497 e. The number of benzene rings is 2. The average Bonchev–Trinajstić information content (AvgIpc) is 2.48. The first-order valence-corrected chi connectivity index (χ1v) is 7.11. The molecule has 3 nitrogen and oxygen atoms in total. The number of carbonyl (C=O) groups excluding carboxylic acids is 1. The maximum absolute atomic E-state index is 12.0. The van der Waals surface area contributed by atoms with Gasteiger partial charge >= 0.3 is 0 Å². The summed E-state index contributed by atoms with van der Waals surface area (Å²) in [5.41, 5.74) is 3.06. The molecule has 2 rings (SSSR count). The van der Waals surface area contributed by atoms with E-state index in [2.05, 4.69) is 19.2 Å². The summed E-state index contributed by atoms with van der Waals surface area (Å²) >= 11 is 0. The molecule has 0 aliphatic rings. The van der Waals surface area contributed by atoms with Gasteiger partial charge in [0.15, 0.2) is 0 Å². The van der Waals surface area contributed by atoms with Crippen molar-refractivity contribution in [2.75, 3.05) is 12.4 Å². The van der Waals surface area contributed by atoms with Crippen LogP contribution in [0.25, 0.3) is 0 Å². The van der Waals surface area contributed by atoms with Gasteiger partial charge in [0.25, 0.3) is 0 Å². The minimum Gasteiger partial charge on any atom is -0.497 e. The van der Waals surface area contributed by atoms with E-state index < -0.39 is 0 Å². The SMILES string of the molecule is COc1ccc(CC(=O)Nc2ccc(C(C)C)cc2)cc1. The van der Waals surface area contributed by atoms with Gasteiger partial charge in [-0.1, -0.05) is 38.1 Å². The number of nitrogens with one attached hydrogen (secondary N) is 1. The highest BCUT2D eigenvalue weighted by atomic mass is 16.5.